The Balaban J connectivity index is 2.01. The molecule has 0 unspecified atom stereocenters. The lowest BCUT2D eigenvalue weighted by Crippen LogP contribution is -2.02. The smallest absolute Gasteiger partial charge is 0.294 e. The Labute approximate surface area is 118 Å². The second-order valence-electron chi connectivity index (χ2n) is 5.15. The second kappa shape index (κ2) is 4.05. The Kier molecular flexibility index (Phi) is 2.29. The van der Waals surface area contributed by atoms with Crippen LogP contribution in [0, 0.1) is 10.1 Å². The van der Waals surface area contributed by atoms with Crippen LogP contribution in [0.1, 0.15) is 24.5 Å². The number of benzene rings is 1. The lowest BCUT2D eigenvalue weighted by atomic mass is 10.2. The first-order chi connectivity index (χ1) is 10.2. The standard InChI is InChI=1S/C13H12N6O2/c14-12-10-11(7-5-6-7)17-18(13(10)16-15-12)8-3-1-2-4-9(8)19(20)21/h1-4,7H,5-6H2,(H3,14,15,16). The molecule has 3 aromatic rings. The zero-order valence-electron chi connectivity index (χ0n) is 11.0. The predicted molar refractivity (Wildman–Crippen MR) is 76.3 cm³/mol. The summed E-state index contributed by atoms with van der Waals surface area (Å²) in [5, 5.41) is 23.4. The maximum absolute atomic E-state index is 11.2. The molecule has 8 heteroatoms. The van der Waals surface area contributed by atoms with E-state index in [2.05, 4.69) is 15.3 Å². The number of fused-ring (bicyclic) bond motifs is 1. The molecule has 3 N–H and O–H groups in total. The summed E-state index contributed by atoms with van der Waals surface area (Å²) >= 11 is 0. The Morgan fingerprint density at radius 2 is 2.14 bits per heavy atom. The lowest BCUT2D eigenvalue weighted by Gasteiger charge is -2.02. The van der Waals surface area contributed by atoms with Gasteiger partial charge in [0.25, 0.3) is 5.69 Å². The van der Waals surface area contributed by atoms with Crippen molar-refractivity contribution in [3.05, 3.63) is 40.1 Å². The van der Waals surface area contributed by atoms with Crippen LogP contribution in [-0.4, -0.2) is 24.9 Å². The number of H-pyrrole nitrogens is 1. The number of nitrogens with two attached hydrogens (primary N) is 1. The van der Waals surface area contributed by atoms with Gasteiger partial charge in [0.15, 0.2) is 5.65 Å². The number of rotatable bonds is 3. The van der Waals surface area contributed by atoms with Gasteiger partial charge in [-0.1, -0.05) is 12.1 Å². The van der Waals surface area contributed by atoms with E-state index in [1.54, 1.807) is 18.2 Å². The first-order valence-corrected chi connectivity index (χ1v) is 6.63. The fourth-order valence-electron chi connectivity index (χ4n) is 2.56. The van der Waals surface area contributed by atoms with Gasteiger partial charge in [-0.25, -0.2) is 4.68 Å². The summed E-state index contributed by atoms with van der Waals surface area (Å²) in [5.74, 6) is 0.827. The molecule has 2 heterocycles. The Morgan fingerprint density at radius 1 is 1.38 bits per heavy atom. The van der Waals surface area contributed by atoms with Crippen LogP contribution in [0.25, 0.3) is 16.7 Å². The van der Waals surface area contributed by atoms with Gasteiger partial charge in [0.1, 0.15) is 11.5 Å². The van der Waals surface area contributed by atoms with Crippen LogP contribution in [0.15, 0.2) is 24.3 Å². The number of nitro benzene ring substituents is 1. The van der Waals surface area contributed by atoms with Crippen LogP contribution in [-0.2, 0) is 0 Å². The first-order valence-electron chi connectivity index (χ1n) is 6.63. The molecule has 21 heavy (non-hydrogen) atoms. The third-order valence-corrected chi connectivity index (χ3v) is 3.71. The number of nitrogens with zero attached hydrogens (tertiary/aromatic N) is 4. The molecule has 2 aromatic heterocycles. The highest BCUT2D eigenvalue weighted by molar-refractivity contribution is 5.91. The third-order valence-electron chi connectivity index (χ3n) is 3.71. The molecule has 0 amide bonds. The number of para-hydroxylation sites is 2. The Morgan fingerprint density at radius 3 is 2.86 bits per heavy atom. The lowest BCUT2D eigenvalue weighted by molar-refractivity contribution is -0.384. The zero-order valence-corrected chi connectivity index (χ0v) is 11.0. The van der Waals surface area contributed by atoms with Crippen molar-refractivity contribution < 1.29 is 4.92 Å². The molecule has 106 valence electrons. The molecule has 0 bridgehead atoms. The second-order valence-corrected chi connectivity index (χ2v) is 5.15. The van der Waals surface area contributed by atoms with E-state index in [9.17, 15) is 10.1 Å². The van der Waals surface area contributed by atoms with Gasteiger partial charge in [0, 0.05) is 12.0 Å². The number of aromatic nitrogens is 4. The number of hydrogen-bond donors (Lipinski definition) is 2. The number of hydrogen-bond acceptors (Lipinski definition) is 5. The fourth-order valence-corrected chi connectivity index (χ4v) is 2.56. The minimum atomic E-state index is -0.421. The molecule has 0 spiro atoms. The quantitative estimate of drug-likeness (QED) is 0.564. The molecule has 1 fully saturated rings. The molecule has 1 aliphatic carbocycles. The average Bonchev–Trinajstić information content (AvgIpc) is 3.15. The van der Waals surface area contributed by atoms with E-state index in [0.717, 1.165) is 23.9 Å². The van der Waals surface area contributed by atoms with Crippen molar-refractivity contribution in [2.45, 2.75) is 18.8 Å². The average molecular weight is 284 g/mol. The first kappa shape index (κ1) is 11.9. The van der Waals surface area contributed by atoms with Crippen LogP contribution in [0.5, 0.6) is 0 Å². The number of anilines is 1. The minimum Gasteiger partial charge on any atom is -0.383 e. The van der Waals surface area contributed by atoms with Gasteiger partial charge in [-0.2, -0.15) is 10.2 Å². The topological polar surface area (TPSA) is 116 Å². The molecular weight excluding hydrogens is 272 g/mol. The van der Waals surface area contributed by atoms with Crippen molar-refractivity contribution in [3.8, 4) is 5.69 Å². The summed E-state index contributed by atoms with van der Waals surface area (Å²) < 4.78 is 1.51. The van der Waals surface area contributed by atoms with E-state index < -0.39 is 4.92 Å². The van der Waals surface area contributed by atoms with Crippen LogP contribution in [0.3, 0.4) is 0 Å². The summed E-state index contributed by atoms with van der Waals surface area (Å²) in [6, 6.07) is 6.48. The maximum Gasteiger partial charge on any atom is 0.294 e. The van der Waals surface area contributed by atoms with Crippen molar-refractivity contribution in [3.63, 3.8) is 0 Å². The molecule has 4 rings (SSSR count). The fraction of sp³-hybridized carbons (Fsp3) is 0.231. The Bertz CT molecular complexity index is 861. The SMILES string of the molecule is Nc1[nH]nc2c1c(C1CC1)nn2-c1ccccc1[N+](=O)[O-]. The van der Waals surface area contributed by atoms with Gasteiger partial charge >= 0.3 is 0 Å². The molecule has 0 atom stereocenters. The van der Waals surface area contributed by atoms with Gasteiger partial charge in [-0.05, 0) is 18.9 Å². The normalized spacial score (nSPS) is 14.7. The van der Waals surface area contributed by atoms with E-state index in [1.807, 2.05) is 0 Å². The number of nitro groups is 1. The van der Waals surface area contributed by atoms with Gasteiger partial charge in [-0.15, -0.1) is 0 Å². The third kappa shape index (κ3) is 1.69. The predicted octanol–water partition coefficient (Wildman–Crippen LogP) is 2.12. The van der Waals surface area contributed by atoms with Gasteiger partial charge < -0.3 is 5.73 Å². The highest BCUT2D eigenvalue weighted by Crippen LogP contribution is 2.44. The van der Waals surface area contributed by atoms with Crippen LogP contribution in [0.2, 0.25) is 0 Å². The van der Waals surface area contributed by atoms with E-state index in [4.69, 9.17) is 5.73 Å². The molecule has 1 aromatic carbocycles. The minimum absolute atomic E-state index is 0.00850. The maximum atomic E-state index is 11.2. The molecule has 8 nitrogen and oxygen atoms in total. The monoisotopic (exact) mass is 284 g/mol. The number of nitrogen functional groups attached to an aromatic ring is 1. The van der Waals surface area contributed by atoms with Crippen molar-refractivity contribution in [1.29, 1.82) is 0 Å². The zero-order chi connectivity index (χ0) is 14.6. The Hall–Kier alpha value is -2.90. The summed E-state index contributed by atoms with van der Waals surface area (Å²) in [6.45, 7) is 0. The number of aromatic amines is 1. The van der Waals surface area contributed by atoms with Crippen molar-refractivity contribution in [2.75, 3.05) is 5.73 Å². The van der Waals surface area contributed by atoms with Gasteiger partial charge in [-0.3, -0.25) is 15.2 Å². The molecule has 1 saturated carbocycles. The molecule has 0 aliphatic heterocycles. The van der Waals surface area contributed by atoms with E-state index in [1.165, 1.54) is 10.7 Å². The van der Waals surface area contributed by atoms with Crippen LogP contribution < -0.4 is 5.73 Å². The molecule has 1 aliphatic rings. The van der Waals surface area contributed by atoms with E-state index in [0.29, 0.717) is 23.1 Å². The summed E-state index contributed by atoms with van der Waals surface area (Å²) in [5.41, 5.74) is 7.71. The van der Waals surface area contributed by atoms with Gasteiger partial charge in [0.2, 0.25) is 0 Å². The van der Waals surface area contributed by atoms with Crippen molar-refractivity contribution in [2.24, 2.45) is 0 Å². The van der Waals surface area contributed by atoms with Crippen molar-refractivity contribution in [1.82, 2.24) is 20.0 Å². The van der Waals surface area contributed by atoms with Crippen LogP contribution >= 0.6 is 0 Å². The molecule has 0 radical (unpaired) electrons. The highest BCUT2D eigenvalue weighted by atomic mass is 16.6. The highest BCUT2D eigenvalue weighted by Gasteiger charge is 2.32. The van der Waals surface area contributed by atoms with E-state index >= 15 is 0 Å². The largest absolute Gasteiger partial charge is 0.383 e. The van der Waals surface area contributed by atoms with E-state index in [-0.39, 0.29) is 5.69 Å². The van der Waals surface area contributed by atoms with Crippen molar-refractivity contribution >= 4 is 22.5 Å². The van der Waals surface area contributed by atoms with Crippen LogP contribution in [0.4, 0.5) is 11.5 Å². The number of nitrogens with one attached hydrogen (secondary N) is 1. The molecular formula is C13H12N6O2. The summed E-state index contributed by atoms with van der Waals surface area (Å²) in [4.78, 5) is 10.8. The van der Waals surface area contributed by atoms with Gasteiger partial charge in [0.05, 0.1) is 16.0 Å². The molecule has 0 saturated heterocycles. The summed E-state index contributed by atoms with van der Waals surface area (Å²) in [7, 11) is 0. The summed E-state index contributed by atoms with van der Waals surface area (Å²) in [6.07, 6.45) is 2.13.